The summed E-state index contributed by atoms with van der Waals surface area (Å²) in [6.45, 7) is 8.61. The van der Waals surface area contributed by atoms with Gasteiger partial charge in [0.2, 0.25) is 0 Å². The molecule has 0 bridgehead atoms. The van der Waals surface area contributed by atoms with Crippen LogP contribution in [0.2, 0.25) is 0 Å². The summed E-state index contributed by atoms with van der Waals surface area (Å²) in [6.07, 6.45) is 4.11. The fourth-order valence-electron chi connectivity index (χ4n) is 2.63. The Morgan fingerprint density at radius 3 is 2.75 bits per heavy atom. The molecule has 1 N–H and O–H groups in total. The minimum absolute atomic E-state index is 0.177. The van der Waals surface area contributed by atoms with Gasteiger partial charge in [-0.25, -0.2) is 0 Å². The van der Waals surface area contributed by atoms with Crippen molar-refractivity contribution in [2.45, 2.75) is 25.8 Å². The highest BCUT2D eigenvalue weighted by Gasteiger charge is 2.18. The lowest BCUT2D eigenvalue weighted by Gasteiger charge is -2.32. The first-order valence-corrected chi connectivity index (χ1v) is 6.95. The summed E-state index contributed by atoms with van der Waals surface area (Å²) < 4.78 is 0. The van der Waals surface area contributed by atoms with E-state index >= 15 is 0 Å². The number of anilines is 1. The zero-order chi connectivity index (χ0) is 14.5. The van der Waals surface area contributed by atoms with Crippen molar-refractivity contribution in [1.82, 2.24) is 4.90 Å². The third kappa shape index (κ3) is 3.57. The Bertz CT molecular complexity index is 494. The maximum absolute atomic E-state index is 10.8. The normalized spacial score (nSPS) is 16.9. The van der Waals surface area contributed by atoms with Gasteiger partial charge >= 0.3 is 0 Å². The van der Waals surface area contributed by atoms with E-state index in [9.17, 15) is 10.1 Å². The number of likely N-dealkylation sites (tertiary alicyclic amines) is 1. The minimum atomic E-state index is -0.340. The first kappa shape index (κ1) is 14.5. The molecular weight excluding hydrogens is 254 g/mol. The lowest BCUT2D eigenvalue weighted by Crippen LogP contribution is -2.39. The number of hydrogen-bond donors (Lipinski definition) is 1. The van der Waals surface area contributed by atoms with Crippen LogP contribution in [-0.4, -0.2) is 35.5 Å². The van der Waals surface area contributed by atoms with Crippen molar-refractivity contribution in [1.29, 1.82) is 0 Å². The molecule has 108 valence electrons. The Balaban J connectivity index is 1.93. The first-order chi connectivity index (χ1) is 9.60. The van der Waals surface area contributed by atoms with Gasteiger partial charge in [-0.3, -0.25) is 15.0 Å². The summed E-state index contributed by atoms with van der Waals surface area (Å²) in [5.74, 6) is 0. The highest BCUT2D eigenvalue weighted by molar-refractivity contribution is 5.54. The number of nitrogens with zero attached hydrogens (tertiary/aromatic N) is 2. The van der Waals surface area contributed by atoms with Gasteiger partial charge < -0.3 is 5.32 Å². The standard InChI is InChI=1S/C15H21N3O2/c1-3-8-17-9-6-13(7-10-17)16-14-4-5-15(18(19)20)12(2)11-14/h3-5,11,13,16H,1,6-10H2,2H3. The molecule has 1 saturated heterocycles. The maximum atomic E-state index is 10.8. The van der Waals surface area contributed by atoms with E-state index in [0.29, 0.717) is 11.6 Å². The molecule has 20 heavy (non-hydrogen) atoms. The largest absolute Gasteiger partial charge is 0.382 e. The second-order valence-corrected chi connectivity index (χ2v) is 5.27. The van der Waals surface area contributed by atoms with Crippen LogP contribution in [0.5, 0.6) is 0 Å². The minimum Gasteiger partial charge on any atom is -0.382 e. The lowest BCUT2D eigenvalue weighted by atomic mass is 10.0. The van der Waals surface area contributed by atoms with Crippen molar-refractivity contribution in [3.05, 3.63) is 46.5 Å². The summed E-state index contributed by atoms with van der Waals surface area (Å²) in [7, 11) is 0. The molecule has 2 rings (SSSR count). The van der Waals surface area contributed by atoms with Gasteiger partial charge in [-0.2, -0.15) is 0 Å². The first-order valence-electron chi connectivity index (χ1n) is 6.95. The molecule has 0 aromatic heterocycles. The lowest BCUT2D eigenvalue weighted by molar-refractivity contribution is -0.385. The maximum Gasteiger partial charge on any atom is 0.272 e. The predicted octanol–water partition coefficient (Wildman–Crippen LogP) is 2.97. The van der Waals surface area contributed by atoms with Gasteiger partial charge in [0.05, 0.1) is 4.92 Å². The summed E-state index contributed by atoms with van der Waals surface area (Å²) in [5.41, 5.74) is 1.84. The summed E-state index contributed by atoms with van der Waals surface area (Å²) in [5, 5.41) is 14.3. The number of nitro groups is 1. The molecule has 1 heterocycles. The predicted molar refractivity (Wildman–Crippen MR) is 81.1 cm³/mol. The quantitative estimate of drug-likeness (QED) is 0.510. The molecule has 1 aliphatic heterocycles. The van der Waals surface area contributed by atoms with E-state index in [4.69, 9.17) is 0 Å². The van der Waals surface area contributed by atoms with Crippen LogP contribution in [0.25, 0.3) is 0 Å². The second-order valence-electron chi connectivity index (χ2n) is 5.27. The average molecular weight is 275 g/mol. The Kier molecular flexibility index (Phi) is 4.74. The van der Waals surface area contributed by atoms with Crippen molar-refractivity contribution in [2.24, 2.45) is 0 Å². The molecule has 0 amide bonds. The number of benzene rings is 1. The second kappa shape index (κ2) is 6.52. The van der Waals surface area contributed by atoms with Gasteiger partial charge in [0.15, 0.2) is 0 Å². The van der Waals surface area contributed by atoms with Crippen LogP contribution in [0, 0.1) is 17.0 Å². The summed E-state index contributed by atoms with van der Waals surface area (Å²) in [6, 6.07) is 5.66. The fourth-order valence-corrected chi connectivity index (χ4v) is 2.63. The van der Waals surface area contributed by atoms with Crippen LogP contribution < -0.4 is 5.32 Å². The number of aryl methyl sites for hydroxylation is 1. The molecule has 0 spiro atoms. The van der Waals surface area contributed by atoms with Gasteiger partial charge in [-0.1, -0.05) is 6.08 Å². The Labute approximate surface area is 119 Å². The molecule has 1 aromatic carbocycles. The average Bonchev–Trinajstić information content (AvgIpc) is 2.41. The van der Waals surface area contributed by atoms with E-state index in [1.807, 2.05) is 12.1 Å². The summed E-state index contributed by atoms with van der Waals surface area (Å²) >= 11 is 0. The van der Waals surface area contributed by atoms with Crippen LogP contribution in [0.3, 0.4) is 0 Å². The highest BCUT2D eigenvalue weighted by atomic mass is 16.6. The SMILES string of the molecule is C=CCN1CCC(Nc2ccc([N+](=O)[O-])c(C)c2)CC1. The van der Waals surface area contributed by atoms with Gasteiger partial charge in [-0.05, 0) is 31.9 Å². The molecule has 1 fully saturated rings. The van der Waals surface area contributed by atoms with Gasteiger partial charge in [0, 0.05) is 43.0 Å². The number of nitro benzene ring substituents is 1. The van der Waals surface area contributed by atoms with Gasteiger partial charge in [0.1, 0.15) is 0 Å². The molecule has 0 radical (unpaired) electrons. The number of piperidine rings is 1. The molecule has 0 saturated carbocycles. The number of nitrogens with one attached hydrogen (secondary N) is 1. The van der Waals surface area contributed by atoms with Crippen LogP contribution >= 0.6 is 0 Å². The smallest absolute Gasteiger partial charge is 0.272 e. The fraction of sp³-hybridized carbons (Fsp3) is 0.467. The van der Waals surface area contributed by atoms with Crippen LogP contribution in [-0.2, 0) is 0 Å². The summed E-state index contributed by atoms with van der Waals surface area (Å²) in [4.78, 5) is 12.8. The van der Waals surface area contributed by atoms with E-state index in [2.05, 4.69) is 16.8 Å². The van der Waals surface area contributed by atoms with Crippen LogP contribution in [0.4, 0.5) is 11.4 Å². The Morgan fingerprint density at radius 2 is 2.20 bits per heavy atom. The molecule has 0 aliphatic carbocycles. The monoisotopic (exact) mass is 275 g/mol. The van der Waals surface area contributed by atoms with E-state index in [-0.39, 0.29) is 10.6 Å². The molecule has 0 atom stereocenters. The highest BCUT2D eigenvalue weighted by Crippen LogP contribution is 2.23. The van der Waals surface area contributed by atoms with E-state index in [1.54, 1.807) is 19.1 Å². The van der Waals surface area contributed by atoms with Crippen molar-refractivity contribution in [3.63, 3.8) is 0 Å². The Hall–Kier alpha value is -1.88. The third-order valence-corrected chi connectivity index (χ3v) is 3.74. The van der Waals surface area contributed by atoms with Gasteiger partial charge in [-0.15, -0.1) is 6.58 Å². The Morgan fingerprint density at radius 1 is 1.50 bits per heavy atom. The molecule has 1 aliphatic rings. The molecule has 0 unspecified atom stereocenters. The van der Waals surface area contributed by atoms with Crippen molar-refractivity contribution < 1.29 is 4.92 Å². The molecule has 1 aromatic rings. The topological polar surface area (TPSA) is 58.4 Å². The van der Waals surface area contributed by atoms with E-state index < -0.39 is 0 Å². The third-order valence-electron chi connectivity index (χ3n) is 3.74. The zero-order valence-corrected chi connectivity index (χ0v) is 11.8. The van der Waals surface area contributed by atoms with Crippen LogP contribution in [0.1, 0.15) is 18.4 Å². The zero-order valence-electron chi connectivity index (χ0n) is 11.8. The van der Waals surface area contributed by atoms with E-state index in [0.717, 1.165) is 38.2 Å². The van der Waals surface area contributed by atoms with Crippen molar-refractivity contribution in [2.75, 3.05) is 25.0 Å². The van der Waals surface area contributed by atoms with Crippen LogP contribution in [0.15, 0.2) is 30.9 Å². The van der Waals surface area contributed by atoms with E-state index in [1.165, 1.54) is 0 Å². The molecule has 5 heteroatoms. The number of rotatable bonds is 5. The molecular formula is C15H21N3O2. The van der Waals surface area contributed by atoms with Crippen molar-refractivity contribution >= 4 is 11.4 Å². The van der Waals surface area contributed by atoms with Crippen molar-refractivity contribution in [3.8, 4) is 0 Å². The number of hydrogen-bond acceptors (Lipinski definition) is 4. The van der Waals surface area contributed by atoms with Gasteiger partial charge in [0.25, 0.3) is 5.69 Å². The molecule has 5 nitrogen and oxygen atoms in total.